The van der Waals surface area contributed by atoms with E-state index in [1.165, 1.54) is 25.8 Å². The number of hydrogen-bond acceptors (Lipinski definition) is 8. The Balaban J connectivity index is 1.89. The molecule has 0 radical (unpaired) electrons. The Morgan fingerprint density at radius 3 is 2.35 bits per heavy atom. The van der Waals surface area contributed by atoms with Gasteiger partial charge in [-0.25, -0.2) is 14.8 Å². The van der Waals surface area contributed by atoms with Crippen molar-refractivity contribution in [2.75, 3.05) is 13.7 Å². The van der Waals surface area contributed by atoms with Crippen LogP contribution in [-0.2, 0) is 14.3 Å². The van der Waals surface area contributed by atoms with Crippen LogP contribution in [0.5, 0.6) is 23.3 Å². The Kier molecular flexibility index (Phi) is 7.16. The van der Waals surface area contributed by atoms with E-state index in [1.54, 1.807) is 55.5 Å². The lowest BCUT2D eigenvalue weighted by Crippen LogP contribution is -2.08. The minimum Gasteiger partial charge on any atom is -0.503 e. The Morgan fingerprint density at radius 1 is 1.03 bits per heavy atom. The molecule has 0 unspecified atom stereocenters. The molecular weight excluding hydrogens is 398 g/mol. The molecule has 3 aromatic rings. The number of carbonyl (C=O) groups is 1. The van der Waals surface area contributed by atoms with E-state index in [-0.39, 0.29) is 23.9 Å². The van der Waals surface area contributed by atoms with E-state index < -0.39 is 5.97 Å². The van der Waals surface area contributed by atoms with Gasteiger partial charge < -0.3 is 18.9 Å². The van der Waals surface area contributed by atoms with Gasteiger partial charge in [-0.2, -0.15) is 5.26 Å². The van der Waals surface area contributed by atoms with Crippen molar-refractivity contribution in [1.29, 1.82) is 5.26 Å². The SMILES string of the molecule is CCOC(=O)/C(=C/OC)c1ccccc1Oc1cc(Oc2ccccc2C#N)ncn1. The van der Waals surface area contributed by atoms with Gasteiger partial charge in [0.15, 0.2) is 0 Å². The summed E-state index contributed by atoms with van der Waals surface area (Å²) in [6.45, 7) is 1.94. The summed E-state index contributed by atoms with van der Waals surface area (Å²) in [6, 6.07) is 17.3. The highest BCUT2D eigenvalue weighted by atomic mass is 16.5. The van der Waals surface area contributed by atoms with Crippen LogP contribution in [-0.4, -0.2) is 29.7 Å². The van der Waals surface area contributed by atoms with Gasteiger partial charge in [-0.1, -0.05) is 30.3 Å². The fourth-order valence-corrected chi connectivity index (χ4v) is 2.63. The van der Waals surface area contributed by atoms with E-state index in [0.29, 0.717) is 22.6 Å². The second-order valence-corrected chi connectivity index (χ2v) is 5.99. The summed E-state index contributed by atoms with van der Waals surface area (Å²) in [4.78, 5) is 20.5. The zero-order valence-electron chi connectivity index (χ0n) is 16.9. The summed E-state index contributed by atoms with van der Waals surface area (Å²) in [6.07, 6.45) is 2.58. The van der Waals surface area contributed by atoms with Crippen LogP contribution in [0.4, 0.5) is 0 Å². The van der Waals surface area contributed by atoms with E-state index in [1.807, 2.05) is 0 Å². The van der Waals surface area contributed by atoms with Crippen LogP contribution in [0.1, 0.15) is 18.1 Å². The van der Waals surface area contributed by atoms with Gasteiger partial charge in [-0.3, -0.25) is 0 Å². The third-order valence-electron chi connectivity index (χ3n) is 3.96. The van der Waals surface area contributed by atoms with Crippen molar-refractivity contribution in [3.05, 3.63) is 78.3 Å². The van der Waals surface area contributed by atoms with Gasteiger partial charge >= 0.3 is 5.97 Å². The molecule has 0 bridgehead atoms. The maximum absolute atomic E-state index is 12.4. The van der Waals surface area contributed by atoms with Gasteiger partial charge in [0.05, 0.1) is 31.6 Å². The molecule has 0 atom stereocenters. The van der Waals surface area contributed by atoms with Crippen LogP contribution in [0, 0.1) is 11.3 Å². The number of aromatic nitrogens is 2. The molecule has 0 saturated heterocycles. The lowest BCUT2D eigenvalue weighted by atomic mass is 10.1. The van der Waals surface area contributed by atoms with E-state index in [9.17, 15) is 10.1 Å². The molecule has 8 nitrogen and oxygen atoms in total. The standard InChI is InChI=1S/C23H19N3O5/c1-3-29-23(27)18(14-28-2)17-9-5-7-11-20(17)31-22-12-21(25-15-26-22)30-19-10-6-4-8-16(19)13-24/h4-12,14-15H,3H2,1-2H3/b18-14+. The predicted molar refractivity (Wildman–Crippen MR) is 111 cm³/mol. The fourth-order valence-electron chi connectivity index (χ4n) is 2.63. The zero-order chi connectivity index (χ0) is 22.1. The predicted octanol–water partition coefficient (Wildman–Crippen LogP) is 4.48. The third-order valence-corrected chi connectivity index (χ3v) is 3.96. The van der Waals surface area contributed by atoms with Crippen LogP contribution in [0.15, 0.2) is 67.2 Å². The Labute approximate surface area is 179 Å². The minimum atomic E-state index is -0.541. The molecule has 0 saturated carbocycles. The smallest absolute Gasteiger partial charge is 0.342 e. The quantitative estimate of drug-likeness (QED) is 0.300. The number of esters is 1. The van der Waals surface area contributed by atoms with Crippen molar-refractivity contribution in [2.45, 2.75) is 6.92 Å². The highest BCUT2D eigenvalue weighted by Gasteiger charge is 2.19. The molecule has 0 spiro atoms. The molecule has 0 aliphatic carbocycles. The number of carbonyl (C=O) groups excluding carboxylic acids is 1. The van der Waals surface area contributed by atoms with Gasteiger partial charge in [0.2, 0.25) is 11.8 Å². The van der Waals surface area contributed by atoms with Gasteiger partial charge in [0.1, 0.15) is 29.5 Å². The Hall–Kier alpha value is -4.38. The second kappa shape index (κ2) is 10.4. The second-order valence-electron chi connectivity index (χ2n) is 5.99. The first-order valence-electron chi connectivity index (χ1n) is 9.32. The van der Waals surface area contributed by atoms with E-state index in [2.05, 4.69) is 16.0 Å². The number of benzene rings is 2. The first kappa shape index (κ1) is 21.3. The average molecular weight is 417 g/mol. The number of methoxy groups -OCH3 is 1. The van der Waals surface area contributed by atoms with Gasteiger partial charge in [-0.05, 0) is 25.1 Å². The van der Waals surface area contributed by atoms with Crippen LogP contribution in [0.2, 0.25) is 0 Å². The minimum absolute atomic E-state index is 0.188. The number of para-hydroxylation sites is 2. The maximum atomic E-state index is 12.4. The first-order chi connectivity index (χ1) is 15.2. The lowest BCUT2D eigenvalue weighted by Gasteiger charge is -2.13. The monoisotopic (exact) mass is 417 g/mol. The van der Waals surface area contributed by atoms with Gasteiger partial charge in [0.25, 0.3) is 0 Å². The summed E-state index contributed by atoms with van der Waals surface area (Å²) in [5, 5.41) is 9.21. The molecule has 0 aliphatic rings. The summed E-state index contributed by atoms with van der Waals surface area (Å²) in [5.41, 5.74) is 1.05. The molecule has 156 valence electrons. The third kappa shape index (κ3) is 5.36. The summed E-state index contributed by atoms with van der Waals surface area (Å²) < 4.78 is 21.8. The molecule has 0 aliphatic heterocycles. The fraction of sp³-hybridized carbons (Fsp3) is 0.130. The largest absolute Gasteiger partial charge is 0.503 e. The molecule has 3 rings (SSSR count). The van der Waals surface area contributed by atoms with Crippen LogP contribution < -0.4 is 9.47 Å². The van der Waals surface area contributed by atoms with Crippen molar-refractivity contribution in [2.24, 2.45) is 0 Å². The summed E-state index contributed by atoms with van der Waals surface area (Å²) >= 11 is 0. The van der Waals surface area contributed by atoms with E-state index in [0.717, 1.165) is 0 Å². The van der Waals surface area contributed by atoms with Crippen LogP contribution >= 0.6 is 0 Å². The van der Waals surface area contributed by atoms with Crippen molar-refractivity contribution in [3.8, 4) is 29.3 Å². The first-order valence-corrected chi connectivity index (χ1v) is 9.32. The summed E-state index contributed by atoms with van der Waals surface area (Å²) in [5.74, 6) is 0.569. The number of rotatable bonds is 8. The Bertz CT molecular complexity index is 1140. The Morgan fingerprint density at radius 2 is 1.68 bits per heavy atom. The van der Waals surface area contributed by atoms with E-state index in [4.69, 9.17) is 18.9 Å². The van der Waals surface area contributed by atoms with E-state index >= 15 is 0 Å². The molecular formula is C23H19N3O5. The summed E-state index contributed by atoms with van der Waals surface area (Å²) in [7, 11) is 1.44. The number of hydrogen-bond donors (Lipinski definition) is 0. The molecule has 0 amide bonds. The van der Waals surface area contributed by atoms with Crippen molar-refractivity contribution >= 4 is 11.5 Å². The van der Waals surface area contributed by atoms with Gasteiger partial charge in [-0.15, -0.1) is 0 Å². The number of ether oxygens (including phenoxy) is 4. The van der Waals surface area contributed by atoms with Crippen molar-refractivity contribution in [3.63, 3.8) is 0 Å². The van der Waals surface area contributed by atoms with Gasteiger partial charge in [0, 0.05) is 5.56 Å². The molecule has 8 heteroatoms. The molecule has 0 fully saturated rings. The lowest BCUT2D eigenvalue weighted by molar-refractivity contribution is -0.136. The topological polar surface area (TPSA) is 104 Å². The average Bonchev–Trinajstić information content (AvgIpc) is 2.79. The highest BCUT2D eigenvalue weighted by molar-refractivity contribution is 6.17. The van der Waals surface area contributed by atoms with Crippen molar-refractivity contribution in [1.82, 2.24) is 9.97 Å². The highest BCUT2D eigenvalue weighted by Crippen LogP contribution is 2.32. The number of nitriles is 1. The number of nitrogens with zero attached hydrogens (tertiary/aromatic N) is 3. The maximum Gasteiger partial charge on any atom is 0.342 e. The molecule has 1 heterocycles. The zero-order valence-corrected chi connectivity index (χ0v) is 16.9. The molecule has 31 heavy (non-hydrogen) atoms. The molecule has 0 N–H and O–H groups in total. The molecule has 2 aromatic carbocycles. The van der Waals surface area contributed by atoms with Crippen molar-refractivity contribution < 1.29 is 23.7 Å². The van der Waals surface area contributed by atoms with Crippen LogP contribution in [0.25, 0.3) is 5.57 Å². The van der Waals surface area contributed by atoms with Crippen LogP contribution in [0.3, 0.4) is 0 Å². The molecule has 1 aromatic heterocycles. The normalized spacial score (nSPS) is 10.7.